The Morgan fingerprint density at radius 3 is 2.32 bits per heavy atom. The van der Waals surface area contributed by atoms with Gasteiger partial charge in [0, 0.05) is 46.2 Å². The van der Waals surface area contributed by atoms with E-state index in [-0.39, 0.29) is 11.6 Å². The molecule has 1 heterocycles. The number of alkyl halides is 3. The fraction of sp³-hybridized carbons (Fsp3) is 0.533. The molecule has 1 saturated heterocycles. The molecule has 0 bridgehead atoms. The van der Waals surface area contributed by atoms with E-state index in [1.165, 1.54) is 25.1 Å². The predicted molar refractivity (Wildman–Crippen MR) is 86.9 cm³/mol. The highest BCUT2D eigenvalue weighted by atomic mass is 32.2. The zero-order valence-electron chi connectivity index (χ0n) is 13.7. The van der Waals surface area contributed by atoms with Gasteiger partial charge >= 0.3 is 5.51 Å². The Bertz CT molecular complexity index is 714. The minimum absolute atomic E-state index is 0.0176. The van der Waals surface area contributed by atoms with Crippen molar-refractivity contribution in [1.29, 1.82) is 0 Å². The summed E-state index contributed by atoms with van der Waals surface area (Å²) < 4.78 is 61.5. The third-order valence-corrected chi connectivity index (χ3v) is 5.59. The van der Waals surface area contributed by atoms with E-state index in [0.717, 1.165) is 6.07 Å². The molecule has 0 saturated carbocycles. The summed E-state index contributed by atoms with van der Waals surface area (Å²) in [5, 5.41) is 2.77. The van der Waals surface area contributed by atoms with Crippen LogP contribution in [0.4, 0.5) is 18.9 Å². The van der Waals surface area contributed by atoms with E-state index >= 15 is 0 Å². The van der Waals surface area contributed by atoms with Crippen molar-refractivity contribution in [1.82, 2.24) is 9.80 Å². The highest BCUT2D eigenvalue weighted by Gasteiger charge is 2.47. The number of sulfone groups is 1. The van der Waals surface area contributed by atoms with Crippen molar-refractivity contribution in [3.05, 3.63) is 24.3 Å². The molecular formula is C15H20F3N3O3S. The van der Waals surface area contributed by atoms with Gasteiger partial charge in [-0.3, -0.25) is 9.69 Å². The average molecular weight is 379 g/mol. The predicted octanol–water partition coefficient (Wildman–Crippen LogP) is 1.56. The third kappa shape index (κ3) is 4.63. The summed E-state index contributed by atoms with van der Waals surface area (Å²) >= 11 is 0. The molecule has 140 valence electrons. The normalized spacial score (nSPS) is 16.7. The molecular weight excluding hydrogens is 359 g/mol. The molecule has 1 N–H and O–H groups in total. The molecule has 6 nitrogen and oxygen atoms in total. The lowest BCUT2D eigenvalue weighted by atomic mass is 10.3. The number of hydrogen-bond donors (Lipinski definition) is 1. The number of halogens is 3. The van der Waals surface area contributed by atoms with E-state index in [4.69, 9.17) is 0 Å². The van der Waals surface area contributed by atoms with Crippen molar-refractivity contribution < 1.29 is 26.4 Å². The molecule has 10 heteroatoms. The molecule has 1 fully saturated rings. The Morgan fingerprint density at radius 1 is 1.16 bits per heavy atom. The summed E-state index contributed by atoms with van der Waals surface area (Å²) in [6.07, 6.45) is 0. The van der Waals surface area contributed by atoms with Gasteiger partial charge in [0.25, 0.3) is 9.84 Å². The molecule has 0 radical (unpaired) electrons. The lowest BCUT2D eigenvalue weighted by Crippen LogP contribution is -2.49. The van der Waals surface area contributed by atoms with Crippen LogP contribution < -0.4 is 5.32 Å². The van der Waals surface area contributed by atoms with Gasteiger partial charge in [0.2, 0.25) is 5.91 Å². The molecule has 0 aliphatic carbocycles. The molecule has 0 spiro atoms. The fourth-order valence-electron chi connectivity index (χ4n) is 2.61. The van der Waals surface area contributed by atoms with Crippen LogP contribution >= 0.6 is 0 Å². The quantitative estimate of drug-likeness (QED) is 0.841. The SMILES string of the molecule is CC(=O)N1CCN(CCNc2ccccc2S(=O)(=O)C(F)(F)F)CC1. The van der Waals surface area contributed by atoms with Gasteiger partial charge in [0.15, 0.2) is 0 Å². The molecule has 2 rings (SSSR count). The van der Waals surface area contributed by atoms with Crippen LogP contribution in [0.5, 0.6) is 0 Å². The van der Waals surface area contributed by atoms with Gasteiger partial charge in [-0.05, 0) is 12.1 Å². The fourth-order valence-corrected chi connectivity index (χ4v) is 3.54. The lowest BCUT2D eigenvalue weighted by Gasteiger charge is -2.34. The molecule has 0 aromatic heterocycles. The number of nitrogens with one attached hydrogen (secondary N) is 1. The molecule has 0 atom stereocenters. The van der Waals surface area contributed by atoms with E-state index < -0.39 is 20.2 Å². The van der Waals surface area contributed by atoms with Crippen LogP contribution in [0.15, 0.2) is 29.2 Å². The van der Waals surface area contributed by atoms with Gasteiger partial charge in [0.05, 0.1) is 10.6 Å². The highest BCUT2D eigenvalue weighted by Crippen LogP contribution is 2.34. The van der Waals surface area contributed by atoms with Gasteiger partial charge in [-0.2, -0.15) is 13.2 Å². The minimum atomic E-state index is -5.40. The zero-order chi connectivity index (χ0) is 18.7. The first-order chi connectivity index (χ1) is 11.6. The summed E-state index contributed by atoms with van der Waals surface area (Å²) in [4.78, 5) is 14.3. The molecule has 1 aliphatic rings. The van der Waals surface area contributed by atoms with Crippen molar-refractivity contribution >= 4 is 21.4 Å². The maximum atomic E-state index is 12.8. The van der Waals surface area contributed by atoms with Crippen LogP contribution in [-0.4, -0.2) is 68.9 Å². The van der Waals surface area contributed by atoms with Crippen molar-refractivity contribution in [3.63, 3.8) is 0 Å². The van der Waals surface area contributed by atoms with Crippen molar-refractivity contribution in [2.75, 3.05) is 44.6 Å². The van der Waals surface area contributed by atoms with Crippen molar-refractivity contribution in [2.24, 2.45) is 0 Å². The molecule has 1 aromatic carbocycles. The molecule has 25 heavy (non-hydrogen) atoms. The molecule has 1 amide bonds. The standard InChI is InChI=1S/C15H20F3N3O3S/c1-12(22)21-10-8-20(9-11-21)7-6-19-13-4-2-3-5-14(13)25(23,24)15(16,17)18/h2-5,19H,6-11H2,1H3. The number of carbonyl (C=O) groups is 1. The second-order valence-corrected chi connectivity index (χ2v) is 7.63. The first-order valence-corrected chi connectivity index (χ1v) is 9.23. The maximum Gasteiger partial charge on any atom is 0.501 e. The van der Waals surface area contributed by atoms with Gasteiger partial charge in [0.1, 0.15) is 0 Å². The van der Waals surface area contributed by atoms with E-state index in [9.17, 15) is 26.4 Å². The Balaban J connectivity index is 1.96. The summed E-state index contributed by atoms with van der Waals surface area (Å²) in [6, 6.07) is 4.98. The van der Waals surface area contributed by atoms with Crippen LogP contribution in [0.3, 0.4) is 0 Å². The van der Waals surface area contributed by atoms with Gasteiger partial charge < -0.3 is 10.2 Å². The van der Waals surface area contributed by atoms with Crippen LogP contribution in [0, 0.1) is 0 Å². The summed E-state index contributed by atoms with van der Waals surface area (Å²) in [7, 11) is -5.40. The van der Waals surface area contributed by atoms with E-state index in [1.54, 1.807) is 4.90 Å². The second-order valence-electron chi connectivity index (χ2n) is 5.72. The number of piperazine rings is 1. The van der Waals surface area contributed by atoms with Crippen LogP contribution in [-0.2, 0) is 14.6 Å². The summed E-state index contributed by atoms with van der Waals surface area (Å²) in [5.41, 5.74) is -5.41. The van der Waals surface area contributed by atoms with E-state index in [0.29, 0.717) is 39.3 Å². The number of anilines is 1. The second kappa shape index (κ2) is 7.61. The first kappa shape index (κ1) is 19.5. The largest absolute Gasteiger partial charge is 0.501 e. The molecule has 0 unspecified atom stereocenters. The zero-order valence-corrected chi connectivity index (χ0v) is 14.5. The van der Waals surface area contributed by atoms with Crippen molar-refractivity contribution in [3.8, 4) is 0 Å². The minimum Gasteiger partial charge on any atom is -0.383 e. The van der Waals surface area contributed by atoms with Gasteiger partial charge in [-0.1, -0.05) is 12.1 Å². The third-order valence-electron chi connectivity index (χ3n) is 4.04. The molecule has 1 aromatic rings. The number of benzene rings is 1. The number of para-hydroxylation sites is 1. The number of carbonyl (C=O) groups excluding carboxylic acids is 1. The van der Waals surface area contributed by atoms with Crippen LogP contribution in [0.2, 0.25) is 0 Å². The topological polar surface area (TPSA) is 69.7 Å². The lowest BCUT2D eigenvalue weighted by molar-refractivity contribution is -0.130. The highest BCUT2D eigenvalue weighted by molar-refractivity contribution is 7.92. The van der Waals surface area contributed by atoms with Gasteiger partial charge in [-0.25, -0.2) is 8.42 Å². The monoisotopic (exact) mass is 379 g/mol. The Hall–Kier alpha value is -1.81. The van der Waals surface area contributed by atoms with Crippen LogP contribution in [0.25, 0.3) is 0 Å². The first-order valence-electron chi connectivity index (χ1n) is 7.75. The number of hydrogen-bond acceptors (Lipinski definition) is 5. The average Bonchev–Trinajstić information content (AvgIpc) is 2.54. The number of amides is 1. The van der Waals surface area contributed by atoms with E-state index in [1.807, 2.05) is 0 Å². The van der Waals surface area contributed by atoms with E-state index in [2.05, 4.69) is 10.2 Å². The molecule has 1 aliphatic heterocycles. The van der Waals surface area contributed by atoms with Crippen LogP contribution in [0.1, 0.15) is 6.92 Å². The maximum absolute atomic E-state index is 12.8. The Kier molecular flexibility index (Phi) is 5.94. The van der Waals surface area contributed by atoms with Gasteiger partial charge in [-0.15, -0.1) is 0 Å². The summed E-state index contributed by atoms with van der Waals surface area (Å²) in [6.45, 7) is 4.89. The van der Waals surface area contributed by atoms with Crippen molar-refractivity contribution in [2.45, 2.75) is 17.3 Å². The smallest absolute Gasteiger partial charge is 0.383 e. The number of rotatable bonds is 5. The Morgan fingerprint density at radius 2 is 1.76 bits per heavy atom. The summed E-state index contributed by atoms with van der Waals surface area (Å²) in [5.74, 6) is 0.0176. The number of nitrogens with zero attached hydrogens (tertiary/aromatic N) is 2. The Labute approximate surface area is 144 Å².